The highest BCUT2D eigenvalue weighted by atomic mass is 15.1. The first-order valence-corrected chi connectivity index (χ1v) is 15.7. The van der Waals surface area contributed by atoms with Gasteiger partial charge in [-0.1, -0.05) is 158 Å². The van der Waals surface area contributed by atoms with Crippen LogP contribution < -0.4 is 4.90 Å². The van der Waals surface area contributed by atoms with Crippen LogP contribution >= 0.6 is 0 Å². The van der Waals surface area contributed by atoms with E-state index in [0.717, 1.165) is 6.54 Å². The molecule has 3 aromatic rings. The first-order chi connectivity index (χ1) is 18.3. The van der Waals surface area contributed by atoms with Gasteiger partial charge in [-0.25, -0.2) is 0 Å². The normalized spacial score (nSPS) is 11.3. The number of anilines is 2. The molecule has 0 atom stereocenters. The highest BCUT2D eigenvalue weighted by molar-refractivity contribution is 5.97. The van der Waals surface area contributed by atoms with Crippen LogP contribution in [0.2, 0.25) is 0 Å². The van der Waals surface area contributed by atoms with Crippen molar-refractivity contribution in [3.8, 4) is 0 Å². The Bertz CT molecular complexity index is 976. The molecule has 0 N–H and O–H groups in total. The van der Waals surface area contributed by atoms with Gasteiger partial charge in [-0.15, -0.1) is 0 Å². The van der Waals surface area contributed by atoms with Crippen molar-refractivity contribution >= 4 is 22.1 Å². The smallest absolute Gasteiger partial charge is 0.0522 e. The molecule has 3 aromatic carbocycles. The lowest BCUT2D eigenvalue weighted by molar-refractivity contribution is 0.574. The Labute approximate surface area is 228 Å². The molecule has 0 aromatic heterocycles. The molecule has 0 aliphatic heterocycles. The van der Waals surface area contributed by atoms with Crippen LogP contribution in [0.5, 0.6) is 0 Å². The zero-order valence-electron chi connectivity index (χ0n) is 24.0. The summed E-state index contributed by atoms with van der Waals surface area (Å²) in [6.45, 7) is 5.69. The molecule has 0 saturated carbocycles. The summed E-state index contributed by atoms with van der Waals surface area (Å²) in [5.74, 6) is 0. The van der Waals surface area contributed by atoms with Gasteiger partial charge in [-0.2, -0.15) is 0 Å². The Morgan fingerprint density at radius 1 is 0.486 bits per heavy atom. The second-order valence-corrected chi connectivity index (χ2v) is 11.0. The van der Waals surface area contributed by atoms with Crippen LogP contribution in [0.4, 0.5) is 11.4 Å². The maximum Gasteiger partial charge on any atom is 0.0522 e. The van der Waals surface area contributed by atoms with Crippen molar-refractivity contribution in [1.29, 1.82) is 0 Å². The number of hydrogen-bond donors (Lipinski definition) is 0. The van der Waals surface area contributed by atoms with Gasteiger partial charge in [0.05, 0.1) is 5.69 Å². The van der Waals surface area contributed by atoms with Crippen LogP contribution in [0, 0.1) is 0 Å². The van der Waals surface area contributed by atoms with Gasteiger partial charge >= 0.3 is 0 Å². The molecule has 202 valence electrons. The minimum absolute atomic E-state index is 1.09. The molecule has 0 fully saturated rings. The second kappa shape index (κ2) is 18.1. The summed E-state index contributed by atoms with van der Waals surface area (Å²) in [4.78, 5) is 2.64. The largest absolute Gasteiger partial charge is 0.341 e. The van der Waals surface area contributed by atoms with Crippen LogP contribution in [-0.4, -0.2) is 6.54 Å². The summed E-state index contributed by atoms with van der Waals surface area (Å²) in [6, 6.07) is 24.9. The summed E-state index contributed by atoms with van der Waals surface area (Å²) in [7, 11) is 0. The third-order valence-electron chi connectivity index (χ3n) is 7.86. The van der Waals surface area contributed by atoms with Crippen LogP contribution in [-0.2, 0) is 6.42 Å². The maximum absolute atomic E-state index is 2.64. The molecule has 0 unspecified atom stereocenters. The SMILES string of the molecule is CCCCCCCCCCc1ccc2ccccc2c1N(CCCCCCCCCC)c1ccccc1. The molecule has 3 rings (SSSR count). The maximum atomic E-state index is 2.64. The average Bonchev–Trinajstić information content (AvgIpc) is 2.94. The quantitative estimate of drug-likeness (QED) is 0.140. The fourth-order valence-corrected chi connectivity index (χ4v) is 5.65. The number of benzene rings is 3. The Morgan fingerprint density at radius 2 is 1.03 bits per heavy atom. The van der Waals surface area contributed by atoms with Crippen molar-refractivity contribution in [1.82, 2.24) is 0 Å². The number of unbranched alkanes of at least 4 members (excludes halogenated alkanes) is 14. The number of para-hydroxylation sites is 1. The van der Waals surface area contributed by atoms with Gasteiger partial charge in [0.2, 0.25) is 0 Å². The third kappa shape index (κ3) is 10.2. The number of aryl methyl sites for hydroxylation is 1. The highest BCUT2D eigenvalue weighted by Crippen LogP contribution is 2.37. The van der Waals surface area contributed by atoms with Gasteiger partial charge in [-0.05, 0) is 42.3 Å². The van der Waals surface area contributed by atoms with Crippen LogP contribution in [0.15, 0.2) is 66.7 Å². The van der Waals surface area contributed by atoms with Gasteiger partial charge in [0.1, 0.15) is 0 Å². The van der Waals surface area contributed by atoms with Gasteiger partial charge in [0, 0.05) is 17.6 Å². The first kappa shape index (κ1) is 29.3. The lowest BCUT2D eigenvalue weighted by Gasteiger charge is -2.29. The van der Waals surface area contributed by atoms with E-state index < -0.39 is 0 Å². The van der Waals surface area contributed by atoms with Gasteiger partial charge in [-0.3, -0.25) is 0 Å². The van der Waals surface area contributed by atoms with Gasteiger partial charge in [0.15, 0.2) is 0 Å². The Kier molecular flexibility index (Phi) is 14.3. The average molecular weight is 500 g/mol. The van der Waals surface area contributed by atoms with E-state index in [4.69, 9.17) is 0 Å². The van der Waals surface area contributed by atoms with Crippen molar-refractivity contribution in [2.45, 2.75) is 123 Å². The molecule has 0 heterocycles. The molecule has 0 amide bonds. The van der Waals surface area contributed by atoms with Crippen LogP contribution in [0.1, 0.15) is 122 Å². The topological polar surface area (TPSA) is 3.24 Å². The summed E-state index contributed by atoms with van der Waals surface area (Å²) in [6.07, 6.45) is 23.0. The van der Waals surface area contributed by atoms with E-state index in [2.05, 4.69) is 85.5 Å². The standard InChI is InChI=1S/C36H53N/c1-3-5-7-9-11-13-15-18-25-33-30-29-32-24-21-22-28-35(32)36(33)37(34-26-19-17-20-27-34)31-23-16-14-12-10-8-6-4-2/h17,19-22,24,26-30H,3-16,18,23,25,31H2,1-2H3. The van der Waals surface area contributed by atoms with E-state index in [-0.39, 0.29) is 0 Å². The Morgan fingerprint density at radius 3 is 1.68 bits per heavy atom. The van der Waals surface area contributed by atoms with Crippen LogP contribution in [0.25, 0.3) is 10.8 Å². The zero-order chi connectivity index (χ0) is 26.0. The summed E-state index contributed by atoms with van der Waals surface area (Å²) in [5, 5.41) is 2.76. The molecule has 0 aliphatic rings. The molecule has 1 heteroatoms. The molecule has 0 saturated heterocycles. The van der Waals surface area contributed by atoms with Crippen LogP contribution in [0.3, 0.4) is 0 Å². The molecule has 0 aliphatic carbocycles. The molecule has 0 spiro atoms. The molecule has 0 radical (unpaired) electrons. The van der Waals surface area contributed by atoms with Crippen molar-refractivity contribution in [3.05, 3.63) is 72.3 Å². The van der Waals surface area contributed by atoms with Crippen molar-refractivity contribution in [2.24, 2.45) is 0 Å². The number of nitrogens with zero attached hydrogens (tertiary/aromatic N) is 1. The molecular formula is C36H53N. The lowest BCUT2D eigenvalue weighted by atomic mass is 9.97. The second-order valence-electron chi connectivity index (χ2n) is 11.0. The number of hydrogen-bond acceptors (Lipinski definition) is 1. The minimum Gasteiger partial charge on any atom is -0.341 e. The summed E-state index contributed by atoms with van der Waals surface area (Å²) in [5.41, 5.74) is 4.31. The fourth-order valence-electron chi connectivity index (χ4n) is 5.65. The summed E-state index contributed by atoms with van der Waals surface area (Å²) >= 11 is 0. The minimum atomic E-state index is 1.09. The molecular weight excluding hydrogens is 446 g/mol. The Hall–Kier alpha value is -2.28. The monoisotopic (exact) mass is 499 g/mol. The van der Waals surface area contributed by atoms with Gasteiger partial charge in [0.25, 0.3) is 0 Å². The first-order valence-electron chi connectivity index (χ1n) is 15.7. The fraction of sp³-hybridized carbons (Fsp3) is 0.556. The third-order valence-corrected chi connectivity index (χ3v) is 7.86. The van der Waals surface area contributed by atoms with E-state index in [9.17, 15) is 0 Å². The van der Waals surface area contributed by atoms with Crippen molar-refractivity contribution in [3.63, 3.8) is 0 Å². The van der Waals surface area contributed by atoms with E-state index >= 15 is 0 Å². The van der Waals surface area contributed by atoms with E-state index in [1.165, 1.54) is 137 Å². The van der Waals surface area contributed by atoms with Gasteiger partial charge < -0.3 is 4.90 Å². The zero-order valence-corrected chi connectivity index (χ0v) is 24.0. The number of rotatable bonds is 20. The lowest BCUT2D eigenvalue weighted by Crippen LogP contribution is -2.20. The predicted molar refractivity (Wildman–Crippen MR) is 166 cm³/mol. The number of fused-ring (bicyclic) bond motifs is 1. The van der Waals surface area contributed by atoms with E-state index in [1.807, 2.05) is 0 Å². The van der Waals surface area contributed by atoms with Crippen molar-refractivity contribution in [2.75, 3.05) is 11.4 Å². The Balaban J connectivity index is 1.70. The molecule has 37 heavy (non-hydrogen) atoms. The van der Waals surface area contributed by atoms with E-state index in [0.29, 0.717) is 0 Å². The molecule has 1 nitrogen and oxygen atoms in total. The van der Waals surface area contributed by atoms with E-state index in [1.54, 1.807) is 0 Å². The van der Waals surface area contributed by atoms with Crippen molar-refractivity contribution < 1.29 is 0 Å². The predicted octanol–water partition coefficient (Wildman–Crippen LogP) is 11.8. The summed E-state index contributed by atoms with van der Waals surface area (Å²) < 4.78 is 0. The molecule has 0 bridgehead atoms. The highest BCUT2D eigenvalue weighted by Gasteiger charge is 2.16.